The molecule has 2 unspecified atom stereocenters. The maximum Gasteiger partial charge on any atom is 0.573 e. The van der Waals surface area contributed by atoms with Crippen molar-refractivity contribution in [2.24, 2.45) is 11.8 Å². The van der Waals surface area contributed by atoms with Gasteiger partial charge in [0.1, 0.15) is 0 Å². The Hall–Kier alpha value is -2.29. The van der Waals surface area contributed by atoms with Crippen molar-refractivity contribution in [1.82, 2.24) is 19.7 Å². The topological polar surface area (TPSA) is 69.2 Å². The number of anilines is 1. The zero-order valence-corrected chi connectivity index (χ0v) is 17.8. The molecule has 1 aliphatic heterocycles. The Kier molecular flexibility index (Phi) is 4.91. The summed E-state index contributed by atoms with van der Waals surface area (Å²) in [4.78, 5) is 6.54. The third-order valence-electron chi connectivity index (χ3n) is 7.08. The second-order valence-electron chi connectivity index (χ2n) is 9.37. The van der Waals surface area contributed by atoms with E-state index in [0.717, 1.165) is 0 Å². The lowest BCUT2D eigenvalue weighted by molar-refractivity contribution is -0.274. The summed E-state index contributed by atoms with van der Waals surface area (Å²) in [6.07, 6.45) is 1.73. The van der Waals surface area contributed by atoms with E-state index in [1.165, 1.54) is 56.7 Å². The lowest BCUT2D eigenvalue weighted by Crippen LogP contribution is -2.31. The van der Waals surface area contributed by atoms with Gasteiger partial charge in [0.2, 0.25) is 0 Å². The molecule has 31 heavy (non-hydrogen) atoms. The standard InChI is InChI=1S/C22H28F3N5O/c1-12(2)30-18(20-15-8-14(9-16(15)20)29-5-3-4-6-29)10-17(28-30)13-7-19(21(26)27-11-13)31-22(23,24)25/h7,10-12,14-16,20H,3-6,8-9H2,1-2H3,(H2,26,27)/t14?,15-,16+,20?. The van der Waals surface area contributed by atoms with E-state index in [1.807, 2.05) is 10.7 Å². The minimum atomic E-state index is -4.83. The second-order valence-corrected chi connectivity index (χ2v) is 9.37. The average Bonchev–Trinajstić information content (AvgIpc) is 3.21. The second kappa shape index (κ2) is 7.39. The normalized spacial score (nSPS) is 28.3. The fourth-order valence-corrected chi connectivity index (χ4v) is 5.67. The Bertz CT molecular complexity index is 955. The summed E-state index contributed by atoms with van der Waals surface area (Å²) in [6.45, 7) is 6.61. The molecule has 6 nitrogen and oxygen atoms in total. The molecule has 2 aromatic heterocycles. The third kappa shape index (κ3) is 3.88. The highest BCUT2D eigenvalue weighted by Gasteiger charge is 2.58. The van der Waals surface area contributed by atoms with Crippen LogP contribution in [-0.4, -0.2) is 45.2 Å². The smallest absolute Gasteiger partial charge is 0.402 e. The van der Waals surface area contributed by atoms with E-state index in [4.69, 9.17) is 10.8 Å². The summed E-state index contributed by atoms with van der Waals surface area (Å²) in [5.41, 5.74) is 7.82. The predicted molar refractivity (Wildman–Crippen MR) is 110 cm³/mol. The highest BCUT2D eigenvalue weighted by Crippen LogP contribution is 2.64. The summed E-state index contributed by atoms with van der Waals surface area (Å²) in [7, 11) is 0. The van der Waals surface area contributed by atoms with Gasteiger partial charge in [0.05, 0.1) is 5.69 Å². The van der Waals surface area contributed by atoms with Gasteiger partial charge in [-0.25, -0.2) is 4.98 Å². The first-order valence-electron chi connectivity index (χ1n) is 11.1. The zero-order valence-electron chi connectivity index (χ0n) is 17.8. The highest BCUT2D eigenvalue weighted by molar-refractivity contribution is 5.64. The van der Waals surface area contributed by atoms with Gasteiger partial charge in [0, 0.05) is 35.5 Å². The number of nitrogen functional groups attached to an aromatic ring is 1. The lowest BCUT2D eigenvalue weighted by atomic mass is 10.0. The number of ether oxygens (including phenoxy) is 1. The molecule has 5 rings (SSSR count). The molecule has 4 atom stereocenters. The Morgan fingerprint density at radius 3 is 2.42 bits per heavy atom. The third-order valence-corrected chi connectivity index (χ3v) is 7.08. The fraction of sp³-hybridized carbons (Fsp3) is 0.636. The van der Waals surface area contributed by atoms with E-state index in [0.29, 0.717) is 35.1 Å². The number of hydrogen-bond donors (Lipinski definition) is 1. The highest BCUT2D eigenvalue weighted by atomic mass is 19.4. The van der Waals surface area contributed by atoms with E-state index in [2.05, 4.69) is 28.5 Å². The Balaban J connectivity index is 1.38. The van der Waals surface area contributed by atoms with Gasteiger partial charge in [-0.15, -0.1) is 13.2 Å². The van der Waals surface area contributed by atoms with Crippen molar-refractivity contribution in [2.45, 2.75) is 63.9 Å². The molecule has 9 heteroatoms. The van der Waals surface area contributed by atoms with Crippen LogP contribution in [0.4, 0.5) is 19.0 Å². The van der Waals surface area contributed by atoms with Gasteiger partial charge in [0.15, 0.2) is 11.6 Å². The van der Waals surface area contributed by atoms with Crippen LogP contribution in [0.15, 0.2) is 18.3 Å². The number of aromatic nitrogens is 3. The number of halogens is 3. The number of fused-ring (bicyclic) bond motifs is 1. The van der Waals surface area contributed by atoms with Gasteiger partial charge in [-0.3, -0.25) is 4.68 Å². The van der Waals surface area contributed by atoms with Gasteiger partial charge in [0.25, 0.3) is 0 Å². The van der Waals surface area contributed by atoms with Crippen LogP contribution in [0.25, 0.3) is 11.3 Å². The summed E-state index contributed by atoms with van der Waals surface area (Å²) in [5.74, 6) is 1.05. The first-order chi connectivity index (χ1) is 14.7. The Morgan fingerprint density at radius 2 is 1.81 bits per heavy atom. The molecular formula is C22H28F3N5O. The van der Waals surface area contributed by atoms with Crippen LogP contribution in [0.1, 0.15) is 57.2 Å². The molecule has 3 fully saturated rings. The van der Waals surface area contributed by atoms with E-state index in [-0.39, 0.29) is 11.9 Å². The molecule has 2 N–H and O–H groups in total. The van der Waals surface area contributed by atoms with Crippen LogP contribution in [0.5, 0.6) is 5.75 Å². The van der Waals surface area contributed by atoms with Gasteiger partial charge in [-0.1, -0.05) is 0 Å². The van der Waals surface area contributed by atoms with Crippen LogP contribution in [0, 0.1) is 11.8 Å². The van der Waals surface area contributed by atoms with Crippen molar-refractivity contribution >= 4 is 5.82 Å². The summed E-state index contributed by atoms with van der Waals surface area (Å²) >= 11 is 0. The number of rotatable bonds is 5. The maximum atomic E-state index is 12.7. The number of likely N-dealkylation sites (tertiary alicyclic amines) is 1. The van der Waals surface area contributed by atoms with Crippen LogP contribution in [-0.2, 0) is 0 Å². The molecule has 0 spiro atoms. The molecule has 3 heterocycles. The van der Waals surface area contributed by atoms with Crippen molar-refractivity contribution in [3.63, 3.8) is 0 Å². The van der Waals surface area contributed by atoms with Crippen molar-refractivity contribution < 1.29 is 17.9 Å². The predicted octanol–water partition coefficient (Wildman–Crippen LogP) is 4.59. The molecule has 0 bridgehead atoms. The molecule has 1 saturated heterocycles. The van der Waals surface area contributed by atoms with E-state index in [1.54, 1.807) is 0 Å². The average molecular weight is 435 g/mol. The van der Waals surface area contributed by atoms with Crippen molar-refractivity contribution in [3.8, 4) is 17.0 Å². The van der Waals surface area contributed by atoms with Crippen LogP contribution in [0.3, 0.4) is 0 Å². The largest absolute Gasteiger partial charge is 0.573 e. The molecule has 2 aromatic rings. The molecule has 0 aromatic carbocycles. The first kappa shape index (κ1) is 20.6. The molecule has 168 valence electrons. The maximum absolute atomic E-state index is 12.7. The summed E-state index contributed by atoms with van der Waals surface area (Å²) in [6, 6.07) is 4.15. The summed E-state index contributed by atoms with van der Waals surface area (Å²) < 4.78 is 44.1. The number of alkyl halides is 3. The molecule has 3 aliphatic rings. The van der Waals surface area contributed by atoms with Crippen LogP contribution < -0.4 is 10.5 Å². The van der Waals surface area contributed by atoms with Crippen molar-refractivity contribution in [2.75, 3.05) is 18.8 Å². The van der Waals surface area contributed by atoms with Gasteiger partial charge in [-0.05, 0) is 76.6 Å². The quantitative estimate of drug-likeness (QED) is 0.744. The monoisotopic (exact) mass is 435 g/mol. The van der Waals surface area contributed by atoms with E-state index in [9.17, 15) is 13.2 Å². The van der Waals surface area contributed by atoms with Crippen molar-refractivity contribution in [1.29, 1.82) is 0 Å². The molecular weight excluding hydrogens is 407 g/mol. The lowest BCUT2D eigenvalue weighted by Gasteiger charge is -2.25. The number of nitrogens with two attached hydrogens (primary N) is 1. The number of nitrogens with zero attached hydrogens (tertiary/aromatic N) is 4. The van der Waals surface area contributed by atoms with Crippen LogP contribution >= 0.6 is 0 Å². The summed E-state index contributed by atoms with van der Waals surface area (Å²) in [5, 5.41) is 4.72. The number of hydrogen-bond acceptors (Lipinski definition) is 5. The SMILES string of the molecule is CC(C)n1nc(-c2cnc(N)c(OC(F)(F)F)c2)cc1C1[C@H]2CC(N3CCCC3)C[C@@H]12. The Labute approximate surface area is 179 Å². The molecule has 0 radical (unpaired) electrons. The molecule has 0 amide bonds. The minimum Gasteiger partial charge on any atom is -0.402 e. The van der Waals surface area contributed by atoms with Gasteiger partial charge < -0.3 is 15.4 Å². The first-order valence-corrected chi connectivity index (χ1v) is 11.1. The fourth-order valence-electron chi connectivity index (χ4n) is 5.67. The van der Waals surface area contributed by atoms with Gasteiger partial charge in [-0.2, -0.15) is 5.10 Å². The van der Waals surface area contributed by atoms with Crippen molar-refractivity contribution in [3.05, 3.63) is 24.0 Å². The number of pyridine rings is 1. The van der Waals surface area contributed by atoms with Crippen LogP contribution in [0.2, 0.25) is 0 Å². The molecule has 2 saturated carbocycles. The van der Waals surface area contributed by atoms with Gasteiger partial charge >= 0.3 is 6.36 Å². The Morgan fingerprint density at radius 1 is 1.13 bits per heavy atom. The molecule has 2 aliphatic carbocycles. The van der Waals surface area contributed by atoms with E-state index >= 15 is 0 Å². The van der Waals surface area contributed by atoms with E-state index < -0.39 is 12.1 Å². The minimum absolute atomic E-state index is 0.159. The zero-order chi connectivity index (χ0) is 21.9.